The van der Waals surface area contributed by atoms with Gasteiger partial charge in [-0.05, 0) is 25.3 Å². The third-order valence-corrected chi connectivity index (χ3v) is 6.36. The lowest BCUT2D eigenvalue weighted by Gasteiger charge is -2.19. The Hall–Kier alpha value is -3.28. The maximum absolute atomic E-state index is 12.9. The number of carbonyl (C=O) groups excluding carboxylic acids is 1. The average molecular weight is 453 g/mol. The number of ether oxygens (including phenoxy) is 1. The van der Waals surface area contributed by atoms with Gasteiger partial charge in [0.05, 0.1) is 23.7 Å². The predicted molar refractivity (Wildman–Crippen MR) is 120 cm³/mol. The molecule has 5 rings (SSSR count). The van der Waals surface area contributed by atoms with Crippen LogP contribution in [0.3, 0.4) is 0 Å². The Morgan fingerprint density at radius 1 is 1.38 bits per heavy atom. The zero-order valence-corrected chi connectivity index (χ0v) is 18.4. The van der Waals surface area contributed by atoms with Crippen molar-refractivity contribution < 1.29 is 9.53 Å². The van der Waals surface area contributed by atoms with Crippen LogP contribution in [0.2, 0.25) is 0 Å². The molecule has 11 heteroatoms. The van der Waals surface area contributed by atoms with E-state index < -0.39 is 0 Å². The van der Waals surface area contributed by atoms with Crippen molar-refractivity contribution in [3.05, 3.63) is 59.5 Å². The maximum Gasteiger partial charge on any atom is 0.275 e. The fraction of sp³-hybridized carbons (Fsp3) is 0.333. The molecule has 0 radical (unpaired) electrons. The fourth-order valence-corrected chi connectivity index (χ4v) is 4.45. The predicted octanol–water partition coefficient (Wildman–Crippen LogP) is 1.65. The largest absolute Gasteiger partial charge is 0.374 e. The molecule has 3 aromatic rings. The topological polar surface area (TPSA) is 123 Å². The van der Waals surface area contributed by atoms with Gasteiger partial charge in [-0.3, -0.25) is 14.8 Å². The molecule has 1 saturated heterocycles. The molecule has 2 aliphatic heterocycles. The Kier molecular flexibility index (Phi) is 5.60. The minimum Gasteiger partial charge on any atom is -0.374 e. The van der Waals surface area contributed by atoms with Gasteiger partial charge in [0.25, 0.3) is 5.91 Å². The third-order valence-electron chi connectivity index (χ3n) is 5.49. The Balaban J connectivity index is 1.30. The molecule has 0 aromatic carbocycles. The van der Waals surface area contributed by atoms with Crippen LogP contribution >= 0.6 is 11.3 Å². The molecule has 0 saturated carbocycles. The van der Waals surface area contributed by atoms with Crippen LogP contribution in [0.15, 0.2) is 53.8 Å². The molecular weight excluding hydrogens is 428 g/mol. The van der Waals surface area contributed by atoms with Gasteiger partial charge in [-0.2, -0.15) is 0 Å². The van der Waals surface area contributed by atoms with E-state index in [1.54, 1.807) is 24.0 Å². The molecule has 0 aliphatic carbocycles. The summed E-state index contributed by atoms with van der Waals surface area (Å²) >= 11 is 1.38. The van der Waals surface area contributed by atoms with Crippen LogP contribution in [-0.4, -0.2) is 56.1 Å². The Labute approximate surface area is 188 Å². The summed E-state index contributed by atoms with van der Waals surface area (Å²) in [6, 6.07) is 0.176. The van der Waals surface area contributed by atoms with Crippen molar-refractivity contribution in [2.45, 2.75) is 31.4 Å². The van der Waals surface area contributed by atoms with E-state index in [2.05, 4.69) is 25.7 Å². The van der Waals surface area contributed by atoms with Gasteiger partial charge in [0.1, 0.15) is 16.4 Å². The van der Waals surface area contributed by atoms with Crippen LogP contribution in [0, 0.1) is 0 Å². The number of rotatable bonds is 4. The number of aromatic nitrogens is 4. The first-order valence-electron chi connectivity index (χ1n) is 10.4. The number of hydrogen-bond donors (Lipinski definition) is 3. The molecule has 1 fully saturated rings. The summed E-state index contributed by atoms with van der Waals surface area (Å²) < 4.78 is 7.79. The van der Waals surface area contributed by atoms with Gasteiger partial charge >= 0.3 is 0 Å². The molecular formula is C21H24N8O2S. The van der Waals surface area contributed by atoms with Gasteiger partial charge in [-0.15, -0.1) is 11.3 Å². The number of likely N-dealkylation sites (N-methyl/N-ethyl adjacent to an activating group) is 1. The van der Waals surface area contributed by atoms with E-state index in [4.69, 9.17) is 10.5 Å². The number of nitrogens with zero attached hydrogens (tertiary/aromatic N) is 5. The fourth-order valence-electron chi connectivity index (χ4n) is 3.70. The number of hydrogen-bond acceptors (Lipinski definition) is 9. The zero-order valence-electron chi connectivity index (χ0n) is 17.6. The highest BCUT2D eigenvalue weighted by Gasteiger charge is 2.24. The molecule has 1 amide bonds. The van der Waals surface area contributed by atoms with Gasteiger partial charge < -0.3 is 25.6 Å². The highest BCUT2D eigenvalue weighted by Crippen LogP contribution is 2.25. The molecule has 2 aliphatic rings. The van der Waals surface area contributed by atoms with Crippen LogP contribution in [0.1, 0.15) is 29.8 Å². The molecule has 3 aromatic heterocycles. The molecule has 2 atom stereocenters. The van der Waals surface area contributed by atoms with Crippen LogP contribution in [-0.2, 0) is 4.74 Å². The average Bonchev–Trinajstić information content (AvgIpc) is 3.48. The number of thiazole rings is 1. The summed E-state index contributed by atoms with van der Waals surface area (Å²) in [6.45, 7) is 0.638. The molecule has 32 heavy (non-hydrogen) atoms. The number of nitrogens with one attached hydrogen (secondary N) is 2. The second-order valence-electron chi connectivity index (χ2n) is 7.79. The van der Waals surface area contributed by atoms with Gasteiger partial charge in [0, 0.05) is 49.9 Å². The van der Waals surface area contributed by atoms with Gasteiger partial charge in [0.15, 0.2) is 5.65 Å². The number of fused-ring (bicyclic) bond motifs is 1. The number of carbonyl (C=O) groups is 1. The van der Waals surface area contributed by atoms with E-state index in [0.29, 0.717) is 28.7 Å². The van der Waals surface area contributed by atoms with E-state index >= 15 is 0 Å². The van der Waals surface area contributed by atoms with Crippen molar-refractivity contribution in [1.29, 1.82) is 0 Å². The Bertz CT molecular complexity index is 1170. The first kappa shape index (κ1) is 20.6. The van der Waals surface area contributed by atoms with Gasteiger partial charge in [0.2, 0.25) is 0 Å². The quantitative estimate of drug-likeness (QED) is 0.546. The molecule has 0 bridgehead atoms. The van der Waals surface area contributed by atoms with Crippen molar-refractivity contribution >= 4 is 22.9 Å². The van der Waals surface area contributed by atoms with Crippen molar-refractivity contribution in [2.75, 3.05) is 13.7 Å². The molecule has 0 spiro atoms. The summed E-state index contributed by atoms with van der Waals surface area (Å²) in [5.41, 5.74) is 12.4. The summed E-state index contributed by atoms with van der Waals surface area (Å²) in [4.78, 5) is 26.0. The molecule has 5 heterocycles. The first-order valence-corrected chi connectivity index (χ1v) is 11.3. The standard InChI is InChI=1S/C21H24N8O2S/c1-28-18(8-14-3-2-13(22)4-7-31-14)15(9-24-28)26-20(30)17-12-32-21(27-17)16-11-29-6-5-23-10-19(29)25-16/h5-6,8-14,24H,2-4,7,22H2,1H3,(H,26,30). The number of amides is 1. The summed E-state index contributed by atoms with van der Waals surface area (Å²) in [7, 11) is 1.89. The minimum atomic E-state index is -0.281. The number of imidazole rings is 1. The molecule has 2 unspecified atom stereocenters. The number of nitrogens with two attached hydrogens (primary N) is 1. The van der Waals surface area contributed by atoms with E-state index in [1.807, 2.05) is 34.9 Å². The summed E-state index contributed by atoms with van der Waals surface area (Å²) in [5.74, 6) is -0.281. The lowest BCUT2D eigenvalue weighted by atomic mass is 10.1. The maximum atomic E-state index is 12.9. The van der Waals surface area contributed by atoms with Crippen LogP contribution < -0.4 is 16.5 Å². The lowest BCUT2D eigenvalue weighted by molar-refractivity contribution is 0.0892. The Morgan fingerprint density at radius 2 is 2.28 bits per heavy atom. The highest BCUT2D eigenvalue weighted by atomic mass is 32.1. The second-order valence-corrected chi connectivity index (χ2v) is 8.65. The van der Waals surface area contributed by atoms with E-state index in [0.717, 1.165) is 30.6 Å². The molecule has 10 nitrogen and oxygen atoms in total. The Morgan fingerprint density at radius 3 is 3.16 bits per heavy atom. The van der Waals surface area contributed by atoms with Crippen molar-refractivity contribution in [3.63, 3.8) is 0 Å². The molecule has 4 N–H and O–H groups in total. The van der Waals surface area contributed by atoms with Crippen LogP contribution in [0.25, 0.3) is 16.3 Å². The number of hydrazine groups is 1. The highest BCUT2D eigenvalue weighted by molar-refractivity contribution is 7.13. The van der Waals surface area contributed by atoms with E-state index in [9.17, 15) is 4.79 Å². The first-order chi connectivity index (χ1) is 15.6. The van der Waals surface area contributed by atoms with E-state index in [1.165, 1.54) is 11.3 Å². The van der Waals surface area contributed by atoms with Crippen molar-refractivity contribution in [1.82, 2.24) is 35.1 Å². The third kappa shape index (κ3) is 4.22. The monoisotopic (exact) mass is 452 g/mol. The summed E-state index contributed by atoms with van der Waals surface area (Å²) in [6.07, 6.45) is 13.4. The normalized spacial score (nSPS) is 22.6. The second kappa shape index (κ2) is 8.69. The van der Waals surface area contributed by atoms with Crippen molar-refractivity contribution in [3.8, 4) is 10.7 Å². The van der Waals surface area contributed by atoms with Gasteiger partial charge in [-0.1, -0.05) is 0 Å². The minimum absolute atomic E-state index is 0.0448. The van der Waals surface area contributed by atoms with Crippen molar-refractivity contribution in [2.24, 2.45) is 5.73 Å². The van der Waals surface area contributed by atoms with E-state index in [-0.39, 0.29) is 18.1 Å². The SMILES string of the molecule is CN1NC=C(NC(=O)c2csc(-c3cn4ccncc4n3)n2)C1=CC1CCC(N)CCO1. The summed E-state index contributed by atoms with van der Waals surface area (Å²) in [5, 5.41) is 7.22. The lowest BCUT2D eigenvalue weighted by Crippen LogP contribution is -2.28. The van der Waals surface area contributed by atoms with Crippen LogP contribution in [0.4, 0.5) is 0 Å². The molecule has 166 valence electrons. The zero-order chi connectivity index (χ0) is 22.1. The van der Waals surface area contributed by atoms with Crippen LogP contribution in [0.5, 0.6) is 0 Å². The van der Waals surface area contributed by atoms with Gasteiger partial charge in [-0.25, -0.2) is 9.97 Å². The smallest absolute Gasteiger partial charge is 0.275 e.